The fourth-order valence-electron chi connectivity index (χ4n) is 3.71. The number of nitrogens with one attached hydrogen (secondary N) is 1. The van der Waals surface area contributed by atoms with E-state index < -0.39 is 28.5 Å². The van der Waals surface area contributed by atoms with Gasteiger partial charge in [-0.25, -0.2) is 8.42 Å². The van der Waals surface area contributed by atoms with Crippen molar-refractivity contribution in [2.75, 3.05) is 30.8 Å². The predicted molar refractivity (Wildman–Crippen MR) is 144 cm³/mol. The first-order valence-electron chi connectivity index (χ1n) is 11.6. The molecule has 2 rings (SSSR count). The first-order chi connectivity index (χ1) is 16.9. The summed E-state index contributed by atoms with van der Waals surface area (Å²) in [7, 11) is -2.46. The van der Waals surface area contributed by atoms with Crippen molar-refractivity contribution < 1.29 is 22.7 Å². The van der Waals surface area contributed by atoms with E-state index in [9.17, 15) is 18.0 Å². The summed E-state index contributed by atoms with van der Waals surface area (Å²) < 4.78 is 32.0. The Morgan fingerprint density at radius 2 is 1.81 bits per heavy atom. The molecular weight excluding hydrogens is 525 g/mol. The van der Waals surface area contributed by atoms with Crippen LogP contribution >= 0.6 is 23.2 Å². The van der Waals surface area contributed by atoms with Crippen LogP contribution in [0.5, 0.6) is 5.75 Å². The highest BCUT2D eigenvalue weighted by atomic mass is 35.5. The molecule has 0 aliphatic carbocycles. The van der Waals surface area contributed by atoms with Gasteiger partial charge in [0.2, 0.25) is 21.8 Å². The van der Waals surface area contributed by atoms with Crippen LogP contribution in [0.3, 0.4) is 0 Å². The average molecular weight is 559 g/mol. The number of ether oxygens (including phenoxy) is 1. The van der Waals surface area contributed by atoms with E-state index in [1.165, 1.54) is 12.0 Å². The van der Waals surface area contributed by atoms with Crippen LogP contribution in [0.4, 0.5) is 5.69 Å². The Kier molecular flexibility index (Phi) is 10.9. The highest BCUT2D eigenvalue weighted by molar-refractivity contribution is 7.92. The number of benzene rings is 2. The van der Waals surface area contributed by atoms with Crippen molar-refractivity contribution in [3.05, 3.63) is 57.6 Å². The van der Waals surface area contributed by atoms with Crippen molar-refractivity contribution >= 4 is 50.7 Å². The Bertz CT molecular complexity index is 1190. The zero-order valence-electron chi connectivity index (χ0n) is 21.2. The number of halogens is 2. The van der Waals surface area contributed by atoms with Crippen molar-refractivity contribution in [2.24, 2.45) is 0 Å². The van der Waals surface area contributed by atoms with Crippen molar-refractivity contribution in [3.8, 4) is 5.75 Å². The molecule has 1 unspecified atom stereocenters. The molecule has 2 amide bonds. The lowest BCUT2D eigenvalue weighted by Gasteiger charge is -2.33. The van der Waals surface area contributed by atoms with Crippen LogP contribution in [-0.2, 0) is 26.2 Å². The monoisotopic (exact) mass is 557 g/mol. The maximum Gasteiger partial charge on any atom is 0.244 e. The molecular formula is C25H33Cl2N3O5S. The predicted octanol–water partition coefficient (Wildman–Crippen LogP) is 4.41. The van der Waals surface area contributed by atoms with Crippen molar-refractivity contribution in [1.29, 1.82) is 0 Å². The van der Waals surface area contributed by atoms with E-state index in [1.807, 2.05) is 13.8 Å². The topological polar surface area (TPSA) is 96.0 Å². The number of carbonyl (C=O) groups excluding carboxylic acids is 2. The Morgan fingerprint density at radius 1 is 1.11 bits per heavy atom. The number of anilines is 1. The lowest BCUT2D eigenvalue weighted by atomic mass is 10.1. The van der Waals surface area contributed by atoms with Gasteiger partial charge in [-0.05, 0) is 55.2 Å². The molecule has 36 heavy (non-hydrogen) atoms. The summed E-state index contributed by atoms with van der Waals surface area (Å²) in [5.74, 6) is -0.579. The van der Waals surface area contributed by atoms with Gasteiger partial charge in [-0.15, -0.1) is 0 Å². The van der Waals surface area contributed by atoms with Gasteiger partial charge in [0.25, 0.3) is 0 Å². The van der Waals surface area contributed by atoms with Gasteiger partial charge in [-0.3, -0.25) is 13.9 Å². The third-order valence-corrected chi connectivity index (χ3v) is 7.29. The SMILES string of the molecule is CCCNC(=O)C(CC)N(Cc1ccc(Cl)cc1Cl)C(=O)CN(c1cc(C)ccc1OC)S(C)(=O)=O. The summed E-state index contributed by atoms with van der Waals surface area (Å²) in [6.07, 6.45) is 2.07. The molecule has 198 valence electrons. The minimum atomic E-state index is -3.89. The number of hydrogen-bond acceptors (Lipinski definition) is 5. The molecule has 0 fully saturated rings. The molecule has 2 aromatic carbocycles. The number of hydrogen-bond donors (Lipinski definition) is 1. The van der Waals surface area contributed by atoms with Gasteiger partial charge in [0.05, 0.1) is 19.1 Å². The molecule has 0 saturated carbocycles. The minimum absolute atomic E-state index is 0.00452. The van der Waals surface area contributed by atoms with E-state index in [-0.39, 0.29) is 18.1 Å². The van der Waals surface area contributed by atoms with Gasteiger partial charge in [-0.2, -0.15) is 0 Å². The van der Waals surface area contributed by atoms with Gasteiger partial charge in [0.15, 0.2) is 0 Å². The largest absolute Gasteiger partial charge is 0.495 e. The van der Waals surface area contributed by atoms with Crippen LogP contribution in [0.2, 0.25) is 10.0 Å². The van der Waals surface area contributed by atoms with Crippen molar-refractivity contribution in [2.45, 2.75) is 46.2 Å². The van der Waals surface area contributed by atoms with Gasteiger partial charge in [0.1, 0.15) is 18.3 Å². The number of rotatable bonds is 12. The van der Waals surface area contributed by atoms with E-state index >= 15 is 0 Å². The molecule has 2 aromatic rings. The molecule has 11 heteroatoms. The second-order valence-electron chi connectivity index (χ2n) is 8.42. The Balaban J connectivity index is 2.53. The number of sulfonamides is 1. The van der Waals surface area contributed by atoms with E-state index in [0.29, 0.717) is 34.3 Å². The van der Waals surface area contributed by atoms with Crippen molar-refractivity contribution in [1.82, 2.24) is 10.2 Å². The molecule has 8 nitrogen and oxygen atoms in total. The Hall–Kier alpha value is -2.49. The summed E-state index contributed by atoms with van der Waals surface area (Å²) in [6, 6.07) is 9.11. The minimum Gasteiger partial charge on any atom is -0.495 e. The Morgan fingerprint density at radius 3 is 2.36 bits per heavy atom. The summed E-state index contributed by atoms with van der Waals surface area (Å²) in [4.78, 5) is 28.1. The van der Waals surface area contributed by atoms with E-state index in [2.05, 4.69) is 5.32 Å². The molecule has 0 aliphatic rings. The summed E-state index contributed by atoms with van der Waals surface area (Å²) in [5.41, 5.74) is 1.61. The lowest BCUT2D eigenvalue weighted by Crippen LogP contribution is -2.52. The van der Waals surface area contributed by atoms with Crippen LogP contribution in [-0.4, -0.2) is 57.6 Å². The second kappa shape index (κ2) is 13.2. The first kappa shape index (κ1) is 29.7. The van der Waals surface area contributed by atoms with E-state index in [4.69, 9.17) is 27.9 Å². The maximum atomic E-state index is 13.7. The number of methoxy groups -OCH3 is 1. The van der Waals surface area contributed by atoms with E-state index in [0.717, 1.165) is 22.5 Å². The molecule has 0 radical (unpaired) electrons. The second-order valence-corrected chi connectivity index (χ2v) is 11.2. The third kappa shape index (κ3) is 7.75. The standard InChI is InChI=1S/C25H33Cl2N3O5S/c1-6-12-28-25(32)21(7-2)29(15-18-9-10-19(26)14-20(18)27)24(31)16-30(36(5,33)34)22-13-17(3)8-11-23(22)35-4/h8-11,13-14,21H,6-7,12,15-16H2,1-5H3,(H,28,32). The zero-order chi connectivity index (χ0) is 27.0. The first-order valence-corrected chi connectivity index (χ1v) is 14.2. The van der Waals surface area contributed by atoms with Gasteiger partial charge in [0, 0.05) is 23.1 Å². The van der Waals surface area contributed by atoms with Crippen LogP contribution < -0.4 is 14.4 Å². The number of carbonyl (C=O) groups is 2. The number of nitrogens with zero attached hydrogens (tertiary/aromatic N) is 2. The molecule has 0 bridgehead atoms. The lowest BCUT2D eigenvalue weighted by molar-refractivity contribution is -0.140. The van der Waals surface area contributed by atoms with Crippen LogP contribution in [0.15, 0.2) is 36.4 Å². The fraction of sp³-hybridized carbons (Fsp3) is 0.440. The zero-order valence-corrected chi connectivity index (χ0v) is 23.5. The normalized spacial score (nSPS) is 12.1. The molecule has 0 aromatic heterocycles. The molecule has 0 heterocycles. The molecule has 1 N–H and O–H groups in total. The quantitative estimate of drug-likeness (QED) is 0.417. The van der Waals surface area contributed by atoms with Gasteiger partial charge in [-0.1, -0.05) is 49.2 Å². The fourth-order valence-corrected chi connectivity index (χ4v) is 5.02. The summed E-state index contributed by atoms with van der Waals surface area (Å²) in [5, 5.41) is 3.60. The Labute approximate surface area is 223 Å². The number of amides is 2. The van der Waals surface area contributed by atoms with Gasteiger partial charge < -0.3 is 15.0 Å². The third-order valence-electron chi connectivity index (χ3n) is 5.57. The summed E-state index contributed by atoms with van der Waals surface area (Å²) in [6.45, 7) is 5.45. The highest BCUT2D eigenvalue weighted by Crippen LogP contribution is 2.31. The highest BCUT2D eigenvalue weighted by Gasteiger charge is 2.32. The smallest absolute Gasteiger partial charge is 0.244 e. The average Bonchev–Trinajstić information content (AvgIpc) is 2.81. The molecule has 1 atom stereocenters. The number of aryl methyl sites for hydroxylation is 1. The van der Waals surface area contributed by atoms with E-state index in [1.54, 1.807) is 43.3 Å². The molecule has 0 spiro atoms. The maximum absolute atomic E-state index is 13.7. The molecule has 0 saturated heterocycles. The van der Waals surface area contributed by atoms with Crippen LogP contribution in [0.1, 0.15) is 37.8 Å². The molecule has 0 aliphatic heterocycles. The van der Waals surface area contributed by atoms with Crippen LogP contribution in [0.25, 0.3) is 0 Å². The van der Waals surface area contributed by atoms with Crippen molar-refractivity contribution in [3.63, 3.8) is 0 Å². The van der Waals surface area contributed by atoms with Gasteiger partial charge >= 0.3 is 0 Å². The van der Waals surface area contributed by atoms with Crippen LogP contribution in [0, 0.1) is 6.92 Å². The summed E-state index contributed by atoms with van der Waals surface area (Å²) >= 11 is 12.4.